The molecule has 44 heavy (non-hydrogen) atoms. The molecule has 0 aliphatic heterocycles. The Kier molecular flexibility index (Phi) is 9.55. The number of sulfonamides is 1. The van der Waals surface area contributed by atoms with Gasteiger partial charge in [-0.2, -0.15) is 8.42 Å². The van der Waals surface area contributed by atoms with Crippen LogP contribution in [0.15, 0.2) is 41.6 Å². The lowest BCUT2D eigenvalue weighted by Crippen LogP contribution is -2.32. The number of ether oxygens (including phenoxy) is 1. The van der Waals surface area contributed by atoms with Crippen LogP contribution in [0.25, 0.3) is 5.82 Å². The van der Waals surface area contributed by atoms with Crippen molar-refractivity contribution in [1.29, 1.82) is 0 Å². The number of nitrogens with zero attached hydrogens (tertiary/aromatic N) is 4. The van der Waals surface area contributed by atoms with E-state index in [2.05, 4.69) is 45.9 Å². The maximum atomic E-state index is 13.2. The fourth-order valence-corrected chi connectivity index (χ4v) is 7.31. The van der Waals surface area contributed by atoms with Gasteiger partial charge < -0.3 is 10.1 Å². The third kappa shape index (κ3) is 8.29. The largest absolute Gasteiger partial charge is 0.477 e. The molecule has 5 rings (SSSR count). The first-order chi connectivity index (χ1) is 20.8. The van der Waals surface area contributed by atoms with Gasteiger partial charge in [-0.3, -0.25) is 4.79 Å². The summed E-state index contributed by atoms with van der Waals surface area (Å²) >= 11 is 6.33. The Balaban J connectivity index is 1.16. The van der Waals surface area contributed by atoms with Crippen molar-refractivity contribution < 1.29 is 17.9 Å². The first-order valence-corrected chi connectivity index (χ1v) is 17.3. The van der Waals surface area contributed by atoms with Crippen LogP contribution < -0.4 is 14.8 Å². The molecule has 0 aromatic carbocycles. The van der Waals surface area contributed by atoms with Gasteiger partial charge >= 0.3 is 0 Å². The van der Waals surface area contributed by atoms with Gasteiger partial charge in [0.1, 0.15) is 11.0 Å². The van der Waals surface area contributed by atoms with Gasteiger partial charge in [-0.15, -0.1) is 5.10 Å². The van der Waals surface area contributed by atoms with E-state index in [-0.39, 0.29) is 15.7 Å². The molecule has 0 bridgehead atoms. The lowest BCUT2D eigenvalue weighted by atomic mass is 9.89. The highest BCUT2D eigenvalue weighted by Gasteiger charge is 2.36. The molecule has 0 radical (unpaired) electrons. The second-order valence-electron chi connectivity index (χ2n) is 13.5. The summed E-state index contributed by atoms with van der Waals surface area (Å²) in [6, 6.07) is 8.11. The Morgan fingerprint density at radius 3 is 2.59 bits per heavy atom. The topological polar surface area (TPSA) is 128 Å². The van der Waals surface area contributed by atoms with Crippen LogP contribution in [-0.4, -0.2) is 47.2 Å². The molecule has 10 nitrogen and oxygen atoms in total. The molecule has 1 atom stereocenters. The first kappa shape index (κ1) is 32.2. The SMILES string of the molecule is Cc1ccc(NCCC[C@@H]2CCC(C)(C)C2)nc1S(=O)(=O)NC(=O)c1ccc(-n2ccc(OCCCC3(C)CC3)n2)nc1Cl. The van der Waals surface area contributed by atoms with Crippen LogP contribution in [0.2, 0.25) is 5.15 Å². The van der Waals surface area contributed by atoms with Crippen molar-refractivity contribution in [2.24, 2.45) is 16.7 Å². The van der Waals surface area contributed by atoms with Crippen LogP contribution in [-0.2, 0) is 10.0 Å². The van der Waals surface area contributed by atoms with E-state index in [1.165, 1.54) is 42.9 Å². The minimum absolute atomic E-state index is 0.0850. The normalized spacial score (nSPS) is 18.6. The molecule has 1 amide bonds. The number of anilines is 1. The average Bonchev–Trinajstić information content (AvgIpc) is 3.34. The van der Waals surface area contributed by atoms with Crippen molar-refractivity contribution in [3.63, 3.8) is 0 Å². The zero-order valence-electron chi connectivity index (χ0n) is 26.0. The summed E-state index contributed by atoms with van der Waals surface area (Å²) in [6.45, 7) is 9.86. The van der Waals surface area contributed by atoms with Gasteiger partial charge in [0.25, 0.3) is 15.9 Å². The summed E-state index contributed by atoms with van der Waals surface area (Å²) in [4.78, 5) is 21.6. The highest BCUT2D eigenvalue weighted by atomic mass is 35.5. The van der Waals surface area contributed by atoms with Gasteiger partial charge in [-0.25, -0.2) is 19.4 Å². The molecular weight excluding hydrogens is 600 g/mol. The zero-order valence-corrected chi connectivity index (χ0v) is 27.6. The smallest absolute Gasteiger partial charge is 0.282 e. The molecule has 2 N–H and O–H groups in total. The number of aryl methyl sites for hydroxylation is 1. The predicted octanol–water partition coefficient (Wildman–Crippen LogP) is 6.72. The summed E-state index contributed by atoms with van der Waals surface area (Å²) in [7, 11) is -4.28. The molecule has 0 saturated heterocycles. The molecule has 2 aliphatic carbocycles. The Hall–Kier alpha value is -3.18. The number of hydrogen-bond donors (Lipinski definition) is 2. The molecule has 3 aromatic heterocycles. The van der Waals surface area contributed by atoms with Gasteiger partial charge in [0, 0.05) is 18.8 Å². The van der Waals surface area contributed by atoms with E-state index >= 15 is 0 Å². The fraction of sp³-hybridized carbons (Fsp3) is 0.562. The third-order valence-electron chi connectivity index (χ3n) is 8.85. The predicted molar refractivity (Wildman–Crippen MR) is 171 cm³/mol. The summed E-state index contributed by atoms with van der Waals surface area (Å²) in [5, 5.41) is 7.24. The number of carbonyl (C=O) groups excluding carboxylic acids is 1. The van der Waals surface area contributed by atoms with Crippen molar-refractivity contribution in [3.8, 4) is 11.7 Å². The molecule has 3 aromatic rings. The minimum Gasteiger partial charge on any atom is -0.477 e. The molecule has 0 spiro atoms. The van der Waals surface area contributed by atoms with Crippen LogP contribution in [0, 0.1) is 23.7 Å². The highest BCUT2D eigenvalue weighted by molar-refractivity contribution is 7.90. The molecule has 2 aliphatic rings. The third-order valence-corrected chi connectivity index (χ3v) is 10.5. The van der Waals surface area contributed by atoms with E-state index in [0.717, 1.165) is 31.6 Å². The van der Waals surface area contributed by atoms with Crippen LogP contribution in [0.1, 0.15) is 94.5 Å². The number of amides is 1. The number of halogens is 1. The summed E-state index contributed by atoms with van der Waals surface area (Å²) in [5.41, 5.74) is 1.25. The summed E-state index contributed by atoms with van der Waals surface area (Å²) < 4.78 is 35.8. The lowest BCUT2D eigenvalue weighted by Gasteiger charge is -2.17. The van der Waals surface area contributed by atoms with E-state index in [0.29, 0.717) is 47.1 Å². The Morgan fingerprint density at radius 2 is 1.89 bits per heavy atom. The molecule has 0 unspecified atom stereocenters. The van der Waals surface area contributed by atoms with E-state index in [9.17, 15) is 13.2 Å². The minimum atomic E-state index is -4.28. The maximum absolute atomic E-state index is 13.2. The quantitative estimate of drug-likeness (QED) is 0.146. The van der Waals surface area contributed by atoms with Crippen molar-refractivity contribution in [2.45, 2.75) is 90.5 Å². The van der Waals surface area contributed by atoms with Crippen molar-refractivity contribution in [1.82, 2.24) is 24.5 Å². The number of rotatable bonds is 14. The molecule has 3 heterocycles. The Bertz CT molecular complexity index is 1600. The molecule has 12 heteroatoms. The number of nitrogens with one attached hydrogen (secondary N) is 2. The summed E-state index contributed by atoms with van der Waals surface area (Å²) in [5.74, 6) is 1.11. The van der Waals surface area contributed by atoms with Crippen molar-refractivity contribution >= 4 is 33.3 Å². The average molecular weight is 643 g/mol. The van der Waals surface area contributed by atoms with E-state index in [4.69, 9.17) is 16.3 Å². The van der Waals surface area contributed by atoms with Gasteiger partial charge in [-0.05, 0) is 105 Å². The molecule has 2 saturated carbocycles. The lowest BCUT2D eigenvalue weighted by molar-refractivity contribution is 0.0981. The number of hydrogen-bond acceptors (Lipinski definition) is 8. The molecular formula is C32H43ClN6O4S. The number of aromatic nitrogens is 4. The molecule has 238 valence electrons. The second-order valence-corrected chi connectivity index (χ2v) is 15.4. The fourth-order valence-electron chi connectivity index (χ4n) is 5.91. The van der Waals surface area contributed by atoms with Gasteiger partial charge in [0.15, 0.2) is 10.8 Å². The van der Waals surface area contributed by atoms with E-state index < -0.39 is 15.9 Å². The Morgan fingerprint density at radius 1 is 1.09 bits per heavy atom. The van der Waals surface area contributed by atoms with E-state index in [1.54, 1.807) is 37.4 Å². The zero-order chi connectivity index (χ0) is 31.5. The standard InChI is InChI=1S/C32H43ClN6O4S/c1-22-8-10-25(34-18-5-7-23-12-15-31(2,3)21-23)35-30(22)44(41,42)38-29(40)24-9-11-26(36-28(24)33)39-19-13-27(37-39)43-20-6-14-32(4)16-17-32/h8-11,13,19,23H,5-7,12,14-18,20-21H2,1-4H3,(H,34,35)(H,38,40)/t23-/m1/s1. The van der Waals surface area contributed by atoms with Crippen molar-refractivity contribution in [2.75, 3.05) is 18.5 Å². The first-order valence-electron chi connectivity index (χ1n) is 15.5. The van der Waals surface area contributed by atoms with Crippen LogP contribution in [0.5, 0.6) is 5.88 Å². The highest BCUT2D eigenvalue weighted by Crippen LogP contribution is 2.48. The van der Waals surface area contributed by atoms with Crippen LogP contribution >= 0.6 is 11.6 Å². The second kappa shape index (κ2) is 13.0. The van der Waals surface area contributed by atoms with Crippen LogP contribution in [0.4, 0.5) is 5.82 Å². The monoisotopic (exact) mass is 642 g/mol. The van der Waals surface area contributed by atoms with Crippen LogP contribution in [0.3, 0.4) is 0 Å². The number of carbonyl (C=O) groups is 1. The van der Waals surface area contributed by atoms with Crippen molar-refractivity contribution in [3.05, 3.63) is 52.8 Å². The Labute approximate surface area is 265 Å². The molecule has 2 fully saturated rings. The van der Waals surface area contributed by atoms with E-state index in [1.807, 2.05) is 0 Å². The van der Waals surface area contributed by atoms with Gasteiger partial charge in [0.05, 0.1) is 12.2 Å². The van der Waals surface area contributed by atoms with Gasteiger partial charge in [0.2, 0.25) is 5.88 Å². The summed E-state index contributed by atoms with van der Waals surface area (Å²) in [6.07, 6.45) is 12.3. The maximum Gasteiger partial charge on any atom is 0.282 e. The van der Waals surface area contributed by atoms with Gasteiger partial charge in [-0.1, -0.05) is 38.4 Å². The number of pyridine rings is 2.